The molecule has 0 spiro atoms. The third-order valence-corrected chi connectivity index (χ3v) is 4.83. The van der Waals surface area contributed by atoms with Gasteiger partial charge < -0.3 is 0 Å². The third kappa shape index (κ3) is 3.56. The van der Waals surface area contributed by atoms with E-state index in [9.17, 15) is 4.79 Å². The predicted molar refractivity (Wildman–Crippen MR) is 91.9 cm³/mol. The largest absolute Gasteiger partial charge is 0.297 e. The average Bonchev–Trinajstić information content (AvgIpc) is 3.24. The van der Waals surface area contributed by atoms with E-state index in [2.05, 4.69) is 20.7 Å². The summed E-state index contributed by atoms with van der Waals surface area (Å²) in [5.41, 5.74) is 2.03. The van der Waals surface area contributed by atoms with Gasteiger partial charge in [-0.05, 0) is 23.8 Å². The lowest BCUT2D eigenvalue weighted by Crippen LogP contribution is -2.10. The van der Waals surface area contributed by atoms with E-state index in [4.69, 9.17) is 16.9 Å². The Kier molecular flexibility index (Phi) is 4.67. The first-order valence-corrected chi connectivity index (χ1v) is 8.67. The summed E-state index contributed by atoms with van der Waals surface area (Å²) in [6, 6.07) is 11.2. The van der Waals surface area contributed by atoms with Gasteiger partial charge in [0.15, 0.2) is 5.82 Å². The first kappa shape index (κ1) is 15.6. The van der Waals surface area contributed by atoms with Crippen LogP contribution in [0.1, 0.15) is 21.7 Å². The van der Waals surface area contributed by atoms with Crippen molar-refractivity contribution in [1.29, 1.82) is 5.26 Å². The molecular weight excluding hydrogens is 352 g/mol. The molecule has 0 aliphatic carbocycles. The summed E-state index contributed by atoms with van der Waals surface area (Å²) in [6.07, 6.45) is 0. The summed E-state index contributed by atoms with van der Waals surface area (Å²) >= 11 is 8.18. The van der Waals surface area contributed by atoms with E-state index in [0.29, 0.717) is 22.1 Å². The van der Waals surface area contributed by atoms with E-state index in [1.807, 2.05) is 12.1 Å². The van der Waals surface area contributed by atoms with Crippen LogP contribution < -0.4 is 5.32 Å². The topological polar surface area (TPSA) is 78.7 Å². The maximum absolute atomic E-state index is 12.2. The monoisotopic (exact) mass is 360 g/mol. The van der Waals surface area contributed by atoms with Crippen molar-refractivity contribution in [3.8, 4) is 16.5 Å². The molecule has 3 aromatic rings. The van der Waals surface area contributed by atoms with Gasteiger partial charge in [-0.15, -0.1) is 22.9 Å². The standard InChI is InChI=1S/C15H9ClN4OS2/c16-6-13-18-15(23-20-13)19-14(21)11-5-12(22-8-11)10-3-1-2-9(4-10)7-17/h1-5,8H,6H2,(H,18,19,20,21). The van der Waals surface area contributed by atoms with E-state index in [-0.39, 0.29) is 11.8 Å². The van der Waals surface area contributed by atoms with Gasteiger partial charge in [-0.2, -0.15) is 9.64 Å². The Morgan fingerprint density at radius 2 is 2.26 bits per heavy atom. The van der Waals surface area contributed by atoms with Gasteiger partial charge in [0.2, 0.25) is 5.13 Å². The Bertz CT molecular complexity index is 897. The average molecular weight is 361 g/mol. The van der Waals surface area contributed by atoms with Crippen molar-refractivity contribution in [2.75, 3.05) is 5.32 Å². The Morgan fingerprint density at radius 1 is 1.39 bits per heavy atom. The van der Waals surface area contributed by atoms with Gasteiger partial charge in [0.05, 0.1) is 23.1 Å². The molecule has 0 bridgehead atoms. The van der Waals surface area contributed by atoms with Gasteiger partial charge in [0, 0.05) is 21.8 Å². The normalized spacial score (nSPS) is 10.3. The van der Waals surface area contributed by atoms with Crippen LogP contribution in [0.3, 0.4) is 0 Å². The summed E-state index contributed by atoms with van der Waals surface area (Å²) in [7, 11) is 0. The van der Waals surface area contributed by atoms with Crippen molar-refractivity contribution in [1.82, 2.24) is 9.36 Å². The number of anilines is 1. The molecule has 0 atom stereocenters. The number of hydrogen-bond donors (Lipinski definition) is 1. The zero-order valence-electron chi connectivity index (χ0n) is 11.6. The van der Waals surface area contributed by atoms with Gasteiger partial charge in [-0.25, -0.2) is 4.98 Å². The SMILES string of the molecule is N#Cc1cccc(-c2cc(C(=O)Nc3nc(CCl)ns3)cs2)c1. The predicted octanol–water partition coefficient (Wildman–Crippen LogP) is 4.13. The van der Waals surface area contributed by atoms with E-state index >= 15 is 0 Å². The number of nitrogens with zero attached hydrogens (tertiary/aromatic N) is 3. The summed E-state index contributed by atoms with van der Waals surface area (Å²) in [6.45, 7) is 0. The summed E-state index contributed by atoms with van der Waals surface area (Å²) in [4.78, 5) is 17.2. The molecule has 0 aliphatic rings. The molecule has 0 fully saturated rings. The highest BCUT2D eigenvalue weighted by atomic mass is 35.5. The second kappa shape index (κ2) is 6.87. The lowest BCUT2D eigenvalue weighted by Gasteiger charge is -1.98. The number of rotatable bonds is 4. The Labute approximate surface area is 145 Å². The lowest BCUT2D eigenvalue weighted by atomic mass is 10.1. The van der Waals surface area contributed by atoms with Crippen molar-refractivity contribution >= 4 is 45.5 Å². The zero-order valence-corrected chi connectivity index (χ0v) is 14.0. The van der Waals surface area contributed by atoms with E-state index in [1.165, 1.54) is 11.3 Å². The van der Waals surface area contributed by atoms with Gasteiger partial charge in [0.1, 0.15) is 0 Å². The van der Waals surface area contributed by atoms with Crippen LogP contribution in [0.5, 0.6) is 0 Å². The van der Waals surface area contributed by atoms with Crippen molar-refractivity contribution in [3.63, 3.8) is 0 Å². The highest BCUT2D eigenvalue weighted by Gasteiger charge is 2.13. The molecule has 0 radical (unpaired) electrons. The number of carbonyl (C=O) groups excluding carboxylic acids is 1. The number of nitriles is 1. The number of halogens is 1. The fourth-order valence-electron chi connectivity index (χ4n) is 1.88. The molecule has 0 unspecified atom stereocenters. The first-order valence-electron chi connectivity index (χ1n) is 6.48. The zero-order chi connectivity index (χ0) is 16.2. The lowest BCUT2D eigenvalue weighted by molar-refractivity contribution is 0.102. The fraction of sp³-hybridized carbons (Fsp3) is 0.0667. The third-order valence-electron chi connectivity index (χ3n) is 2.95. The molecule has 23 heavy (non-hydrogen) atoms. The molecule has 0 saturated carbocycles. The van der Waals surface area contributed by atoms with E-state index in [0.717, 1.165) is 22.0 Å². The van der Waals surface area contributed by atoms with Crippen LogP contribution in [0.4, 0.5) is 5.13 Å². The molecule has 2 aromatic heterocycles. The molecule has 0 aliphatic heterocycles. The highest BCUT2D eigenvalue weighted by Crippen LogP contribution is 2.28. The van der Waals surface area contributed by atoms with Gasteiger partial charge in [0.25, 0.3) is 5.91 Å². The van der Waals surface area contributed by atoms with Crippen LogP contribution in [0.25, 0.3) is 10.4 Å². The first-order chi connectivity index (χ1) is 11.2. The van der Waals surface area contributed by atoms with Gasteiger partial charge >= 0.3 is 0 Å². The van der Waals surface area contributed by atoms with E-state index in [1.54, 1.807) is 23.6 Å². The summed E-state index contributed by atoms with van der Waals surface area (Å²) in [5.74, 6) is 0.456. The number of amides is 1. The minimum atomic E-state index is -0.249. The molecule has 5 nitrogen and oxygen atoms in total. The minimum Gasteiger partial charge on any atom is -0.297 e. The number of benzene rings is 1. The van der Waals surface area contributed by atoms with Crippen LogP contribution in [0, 0.1) is 11.3 Å². The number of nitrogens with one attached hydrogen (secondary N) is 1. The minimum absolute atomic E-state index is 0.213. The van der Waals surface area contributed by atoms with Crippen LogP contribution in [-0.4, -0.2) is 15.3 Å². The second-order valence-corrected chi connectivity index (χ2v) is 6.43. The molecular formula is C15H9ClN4OS2. The van der Waals surface area contributed by atoms with Crippen LogP contribution in [0.2, 0.25) is 0 Å². The molecule has 8 heteroatoms. The summed E-state index contributed by atoms with van der Waals surface area (Å²) < 4.78 is 4.01. The van der Waals surface area contributed by atoms with E-state index < -0.39 is 0 Å². The molecule has 1 aromatic carbocycles. The van der Waals surface area contributed by atoms with Crippen molar-refractivity contribution in [2.24, 2.45) is 0 Å². The number of alkyl halides is 1. The highest BCUT2D eigenvalue weighted by molar-refractivity contribution is 7.14. The van der Waals surface area contributed by atoms with Crippen molar-refractivity contribution in [3.05, 3.63) is 52.7 Å². The Hall–Kier alpha value is -2.27. The van der Waals surface area contributed by atoms with Crippen LogP contribution in [-0.2, 0) is 5.88 Å². The number of aromatic nitrogens is 2. The molecule has 3 rings (SSSR count). The molecule has 1 N–H and O–H groups in total. The number of hydrogen-bond acceptors (Lipinski definition) is 6. The molecule has 0 saturated heterocycles. The van der Waals surface area contributed by atoms with Gasteiger partial charge in [-0.3, -0.25) is 10.1 Å². The number of carbonyl (C=O) groups is 1. The maximum Gasteiger partial charge on any atom is 0.258 e. The van der Waals surface area contributed by atoms with Crippen LogP contribution in [0.15, 0.2) is 35.7 Å². The maximum atomic E-state index is 12.2. The Balaban J connectivity index is 1.78. The summed E-state index contributed by atoms with van der Waals surface area (Å²) in [5, 5.41) is 13.9. The second-order valence-electron chi connectivity index (χ2n) is 4.50. The van der Waals surface area contributed by atoms with Crippen LogP contribution >= 0.6 is 34.5 Å². The number of thiophene rings is 1. The fourth-order valence-corrected chi connectivity index (χ4v) is 3.54. The quantitative estimate of drug-likeness (QED) is 0.709. The molecule has 2 heterocycles. The smallest absolute Gasteiger partial charge is 0.258 e. The molecule has 114 valence electrons. The van der Waals surface area contributed by atoms with Crippen molar-refractivity contribution in [2.45, 2.75) is 5.88 Å². The Morgan fingerprint density at radius 3 is 3.00 bits per heavy atom. The van der Waals surface area contributed by atoms with Crippen molar-refractivity contribution < 1.29 is 4.79 Å². The van der Waals surface area contributed by atoms with Gasteiger partial charge in [-0.1, -0.05) is 12.1 Å². The molecule has 1 amide bonds.